The van der Waals surface area contributed by atoms with E-state index in [4.69, 9.17) is 9.47 Å². The van der Waals surface area contributed by atoms with E-state index in [1.807, 2.05) is 12.1 Å². The maximum atomic E-state index is 6.00. The zero-order valence-electron chi connectivity index (χ0n) is 18.6. The monoisotopic (exact) mass is 403 g/mol. The highest BCUT2D eigenvalue weighted by Crippen LogP contribution is 2.43. The van der Waals surface area contributed by atoms with Gasteiger partial charge in [-0.3, -0.25) is 0 Å². The number of nitrogens with zero attached hydrogens (tertiary/aromatic N) is 1. The summed E-state index contributed by atoms with van der Waals surface area (Å²) in [5, 5.41) is 0. The number of hydrogen-bond donors (Lipinski definition) is 0. The highest BCUT2D eigenvalue weighted by Gasteiger charge is 2.33. The van der Waals surface area contributed by atoms with Gasteiger partial charge in [0.05, 0.1) is 7.11 Å². The summed E-state index contributed by atoms with van der Waals surface area (Å²) < 4.78 is 11.7. The van der Waals surface area contributed by atoms with Crippen molar-refractivity contribution in [3.05, 3.63) is 95.6 Å². The number of rotatable bonds is 10. The SMILES string of the molecule is CCN(CC)CCOc1ccc(C(C)(c2ccccc2)c2ccccc2OC)cc1. The molecule has 3 rings (SSSR count). The van der Waals surface area contributed by atoms with E-state index >= 15 is 0 Å². The zero-order chi connectivity index (χ0) is 21.4. The fourth-order valence-corrected chi connectivity index (χ4v) is 4.02. The normalized spacial score (nSPS) is 13.1. The van der Waals surface area contributed by atoms with Gasteiger partial charge in [0.25, 0.3) is 0 Å². The summed E-state index contributed by atoms with van der Waals surface area (Å²) >= 11 is 0. The fraction of sp³-hybridized carbons (Fsp3) is 0.333. The maximum absolute atomic E-state index is 6.00. The second kappa shape index (κ2) is 10.3. The summed E-state index contributed by atoms with van der Waals surface area (Å²) in [5.74, 6) is 1.80. The third-order valence-electron chi connectivity index (χ3n) is 6.00. The Hall–Kier alpha value is -2.78. The van der Waals surface area contributed by atoms with E-state index in [0.29, 0.717) is 6.61 Å². The van der Waals surface area contributed by atoms with Crippen molar-refractivity contribution in [2.45, 2.75) is 26.2 Å². The molecule has 3 aromatic carbocycles. The van der Waals surface area contributed by atoms with Gasteiger partial charge in [-0.2, -0.15) is 0 Å². The fourth-order valence-electron chi connectivity index (χ4n) is 4.02. The van der Waals surface area contributed by atoms with Crippen LogP contribution in [0.25, 0.3) is 0 Å². The highest BCUT2D eigenvalue weighted by atomic mass is 16.5. The molecular formula is C27H33NO2. The molecule has 0 saturated carbocycles. The van der Waals surface area contributed by atoms with Gasteiger partial charge in [0.15, 0.2) is 0 Å². The quantitative estimate of drug-likeness (QED) is 0.401. The van der Waals surface area contributed by atoms with Gasteiger partial charge in [0.2, 0.25) is 0 Å². The summed E-state index contributed by atoms with van der Waals surface area (Å²) in [4.78, 5) is 2.36. The molecule has 1 atom stereocenters. The Morgan fingerprint density at radius 2 is 1.37 bits per heavy atom. The zero-order valence-corrected chi connectivity index (χ0v) is 18.6. The van der Waals surface area contributed by atoms with Gasteiger partial charge in [0, 0.05) is 17.5 Å². The van der Waals surface area contributed by atoms with Crippen LogP contribution in [-0.2, 0) is 5.41 Å². The molecule has 30 heavy (non-hydrogen) atoms. The Bertz CT molecular complexity index is 904. The van der Waals surface area contributed by atoms with Gasteiger partial charge in [-0.05, 0) is 49.3 Å². The Balaban J connectivity index is 1.92. The largest absolute Gasteiger partial charge is 0.496 e. The first kappa shape index (κ1) is 21.9. The van der Waals surface area contributed by atoms with Crippen LogP contribution in [0, 0.1) is 0 Å². The van der Waals surface area contributed by atoms with Crippen LogP contribution in [0.5, 0.6) is 11.5 Å². The van der Waals surface area contributed by atoms with Gasteiger partial charge < -0.3 is 14.4 Å². The molecule has 0 bridgehead atoms. The predicted octanol–water partition coefficient (Wildman–Crippen LogP) is 5.77. The van der Waals surface area contributed by atoms with Crippen molar-refractivity contribution in [3.8, 4) is 11.5 Å². The lowest BCUT2D eigenvalue weighted by molar-refractivity contribution is 0.223. The van der Waals surface area contributed by atoms with E-state index in [9.17, 15) is 0 Å². The standard InChI is InChI=1S/C27H33NO2/c1-5-28(6-2)20-21-30-24-18-16-23(17-19-24)27(3,22-12-8-7-9-13-22)25-14-10-11-15-26(25)29-4/h7-19H,5-6,20-21H2,1-4H3. The lowest BCUT2D eigenvalue weighted by Gasteiger charge is -2.33. The Kier molecular flexibility index (Phi) is 7.53. The van der Waals surface area contributed by atoms with Gasteiger partial charge in [-0.25, -0.2) is 0 Å². The minimum absolute atomic E-state index is 0.340. The van der Waals surface area contributed by atoms with Crippen molar-refractivity contribution in [1.82, 2.24) is 4.90 Å². The van der Waals surface area contributed by atoms with Crippen LogP contribution >= 0.6 is 0 Å². The average molecular weight is 404 g/mol. The van der Waals surface area contributed by atoms with Gasteiger partial charge in [0.1, 0.15) is 18.1 Å². The number of para-hydroxylation sites is 1. The Morgan fingerprint density at radius 1 is 0.767 bits per heavy atom. The van der Waals surface area contributed by atoms with Crippen molar-refractivity contribution in [2.24, 2.45) is 0 Å². The van der Waals surface area contributed by atoms with Crippen LogP contribution in [0.3, 0.4) is 0 Å². The molecule has 0 aliphatic rings. The molecule has 3 aromatic rings. The third kappa shape index (κ3) is 4.68. The van der Waals surface area contributed by atoms with Crippen molar-refractivity contribution in [3.63, 3.8) is 0 Å². The first-order valence-corrected chi connectivity index (χ1v) is 10.8. The minimum Gasteiger partial charge on any atom is -0.496 e. The Morgan fingerprint density at radius 3 is 2.00 bits per heavy atom. The average Bonchev–Trinajstić information content (AvgIpc) is 2.82. The second-order valence-electron chi connectivity index (χ2n) is 7.59. The molecule has 3 nitrogen and oxygen atoms in total. The molecule has 3 heteroatoms. The molecule has 0 aromatic heterocycles. The molecule has 0 aliphatic carbocycles. The van der Waals surface area contributed by atoms with E-state index in [1.165, 1.54) is 11.1 Å². The lowest BCUT2D eigenvalue weighted by Crippen LogP contribution is -2.28. The number of hydrogen-bond acceptors (Lipinski definition) is 3. The van der Waals surface area contributed by atoms with Crippen LogP contribution in [0.1, 0.15) is 37.5 Å². The molecule has 158 valence electrons. The van der Waals surface area contributed by atoms with Crippen LogP contribution < -0.4 is 9.47 Å². The van der Waals surface area contributed by atoms with E-state index in [1.54, 1.807) is 7.11 Å². The topological polar surface area (TPSA) is 21.7 Å². The lowest BCUT2D eigenvalue weighted by atomic mass is 9.71. The molecular weight excluding hydrogens is 370 g/mol. The molecule has 0 amide bonds. The summed E-state index contributed by atoms with van der Waals surface area (Å²) in [6.07, 6.45) is 0. The first-order valence-electron chi connectivity index (χ1n) is 10.8. The molecule has 0 spiro atoms. The molecule has 0 fully saturated rings. The third-order valence-corrected chi connectivity index (χ3v) is 6.00. The summed E-state index contributed by atoms with van der Waals surface area (Å²) in [5.41, 5.74) is 3.24. The van der Waals surface area contributed by atoms with E-state index in [0.717, 1.165) is 36.7 Å². The molecule has 0 aliphatic heterocycles. The maximum Gasteiger partial charge on any atom is 0.123 e. The van der Waals surface area contributed by atoms with Crippen molar-refractivity contribution in [1.29, 1.82) is 0 Å². The summed E-state index contributed by atoms with van der Waals surface area (Å²) in [7, 11) is 1.73. The van der Waals surface area contributed by atoms with Crippen LogP contribution in [0.15, 0.2) is 78.9 Å². The first-order chi connectivity index (χ1) is 14.6. The number of methoxy groups -OCH3 is 1. The second-order valence-corrected chi connectivity index (χ2v) is 7.59. The highest BCUT2D eigenvalue weighted by molar-refractivity contribution is 5.55. The number of ether oxygens (including phenoxy) is 2. The van der Waals surface area contributed by atoms with Crippen molar-refractivity contribution in [2.75, 3.05) is 33.4 Å². The molecule has 0 saturated heterocycles. The van der Waals surface area contributed by atoms with Gasteiger partial charge in [-0.1, -0.05) is 74.5 Å². The minimum atomic E-state index is -0.340. The van der Waals surface area contributed by atoms with Crippen LogP contribution in [-0.4, -0.2) is 38.3 Å². The van der Waals surface area contributed by atoms with E-state index in [2.05, 4.69) is 92.4 Å². The smallest absolute Gasteiger partial charge is 0.123 e. The molecule has 0 N–H and O–H groups in total. The van der Waals surface area contributed by atoms with Crippen molar-refractivity contribution >= 4 is 0 Å². The molecule has 0 radical (unpaired) electrons. The van der Waals surface area contributed by atoms with E-state index in [-0.39, 0.29) is 5.41 Å². The number of benzene rings is 3. The Labute approximate surface area is 181 Å². The van der Waals surface area contributed by atoms with Crippen LogP contribution in [0.4, 0.5) is 0 Å². The predicted molar refractivity (Wildman–Crippen MR) is 125 cm³/mol. The van der Waals surface area contributed by atoms with Gasteiger partial charge >= 0.3 is 0 Å². The molecule has 1 unspecified atom stereocenters. The van der Waals surface area contributed by atoms with Crippen molar-refractivity contribution < 1.29 is 9.47 Å². The van der Waals surface area contributed by atoms with Crippen LogP contribution in [0.2, 0.25) is 0 Å². The summed E-state index contributed by atoms with van der Waals surface area (Å²) in [6, 6.07) is 27.4. The number of likely N-dealkylation sites (N-methyl/N-ethyl adjacent to an activating group) is 1. The summed E-state index contributed by atoms with van der Waals surface area (Å²) in [6.45, 7) is 10.4. The molecule has 0 heterocycles. The van der Waals surface area contributed by atoms with E-state index < -0.39 is 0 Å². The van der Waals surface area contributed by atoms with Gasteiger partial charge in [-0.15, -0.1) is 0 Å².